The number of aryl methyl sites for hydroxylation is 2. The molecule has 0 aromatic heterocycles. The van der Waals surface area contributed by atoms with Crippen molar-refractivity contribution in [3.63, 3.8) is 0 Å². The predicted octanol–water partition coefficient (Wildman–Crippen LogP) is 5.73. The molecule has 180 valence electrons. The molecular formula is C29H29NO5. The highest BCUT2D eigenvalue weighted by atomic mass is 16.5. The average Bonchev–Trinajstić information content (AvgIpc) is 3.13. The minimum atomic E-state index is -0.856. The first kappa shape index (κ1) is 24.1. The number of anilines is 1. The van der Waals surface area contributed by atoms with Gasteiger partial charge >= 0.3 is 0 Å². The van der Waals surface area contributed by atoms with E-state index in [0.29, 0.717) is 34.9 Å². The van der Waals surface area contributed by atoms with Gasteiger partial charge in [0.2, 0.25) is 0 Å². The van der Waals surface area contributed by atoms with Crippen molar-refractivity contribution in [2.75, 3.05) is 18.6 Å². The van der Waals surface area contributed by atoms with E-state index in [9.17, 15) is 14.7 Å². The third kappa shape index (κ3) is 4.52. The van der Waals surface area contributed by atoms with Crippen LogP contribution in [0.1, 0.15) is 41.6 Å². The number of Topliss-reactive ketones (excluding diaryl/α,β-unsaturated/α-hetero) is 1. The Morgan fingerprint density at radius 2 is 1.69 bits per heavy atom. The van der Waals surface area contributed by atoms with Crippen LogP contribution in [-0.4, -0.2) is 30.5 Å². The number of carbonyl (C=O) groups is 2. The van der Waals surface area contributed by atoms with Gasteiger partial charge in [-0.1, -0.05) is 42.8 Å². The maximum Gasteiger partial charge on any atom is 0.300 e. The van der Waals surface area contributed by atoms with Crippen LogP contribution >= 0.6 is 0 Å². The summed E-state index contributed by atoms with van der Waals surface area (Å²) in [6.07, 6.45) is 0.878. The normalized spacial score (nSPS) is 17.0. The van der Waals surface area contributed by atoms with Crippen LogP contribution in [0.25, 0.3) is 5.76 Å². The number of aliphatic hydroxyl groups excluding tert-OH is 1. The summed E-state index contributed by atoms with van der Waals surface area (Å²) in [5.41, 5.74) is 3.47. The van der Waals surface area contributed by atoms with Crippen molar-refractivity contribution in [2.45, 2.75) is 33.2 Å². The summed E-state index contributed by atoms with van der Waals surface area (Å²) in [5.74, 6) is -0.459. The number of nitrogens with zero attached hydrogens (tertiary/aromatic N) is 1. The topological polar surface area (TPSA) is 76.1 Å². The number of amides is 1. The molecule has 1 aliphatic heterocycles. The number of para-hydroxylation sites is 1. The van der Waals surface area contributed by atoms with Crippen LogP contribution in [0.5, 0.6) is 11.5 Å². The van der Waals surface area contributed by atoms with Gasteiger partial charge in [-0.25, -0.2) is 0 Å². The van der Waals surface area contributed by atoms with Crippen LogP contribution in [0, 0.1) is 13.8 Å². The van der Waals surface area contributed by atoms with Crippen molar-refractivity contribution in [3.8, 4) is 11.5 Å². The molecule has 1 saturated heterocycles. The van der Waals surface area contributed by atoms with Crippen molar-refractivity contribution >= 4 is 23.1 Å². The summed E-state index contributed by atoms with van der Waals surface area (Å²) < 4.78 is 11.3. The van der Waals surface area contributed by atoms with Gasteiger partial charge in [-0.15, -0.1) is 0 Å². The van der Waals surface area contributed by atoms with Crippen molar-refractivity contribution in [1.29, 1.82) is 0 Å². The molecule has 4 rings (SSSR count). The number of aliphatic hydroxyl groups is 1. The lowest BCUT2D eigenvalue weighted by molar-refractivity contribution is -0.132. The monoisotopic (exact) mass is 471 g/mol. The van der Waals surface area contributed by atoms with Crippen LogP contribution in [0.2, 0.25) is 0 Å². The van der Waals surface area contributed by atoms with Crippen molar-refractivity contribution in [3.05, 3.63) is 94.6 Å². The minimum absolute atomic E-state index is 0.0155. The number of hydrogen-bond donors (Lipinski definition) is 1. The van der Waals surface area contributed by atoms with Gasteiger partial charge in [-0.3, -0.25) is 14.5 Å². The van der Waals surface area contributed by atoms with E-state index in [2.05, 4.69) is 0 Å². The molecule has 35 heavy (non-hydrogen) atoms. The first-order valence-corrected chi connectivity index (χ1v) is 11.6. The van der Waals surface area contributed by atoms with E-state index in [4.69, 9.17) is 9.47 Å². The third-order valence-corrected chi connectivity index (χ3v) is 6.10. The summed E-state index contributed by atoms with van der Waals surface area (Å²) >= 11 is 0. The Hall–Kier alpha value is -4.06. The van der Waals surface area contributed by atoms with E-state index in [1.807, 2.05) is 45.0 Å². The molecule has 3 aromatic rings. The summed E-state index contributed by atoms with van der Waals surface area (Å²) in [4.78, 5) is 28.1. The van der Waals surface area contributed by atoms with Crippen LogP contribution in [0.3, 0.4) is 0 Å². The van der Waals surface area contributed by atoms with Crippen molar-refractivity contribution < 1.29 is 24.2 Å². The maximum atomic E-state index is 13.4. The van der Waals surface area contributed by atoms with Gasteiger partial charge in [-0.2, -0.15) is 0 Å². The lowest BCUT2D eigenvalue weighted by Gasteiger charge is -2.26. The van der Waals surface area contributed by atoms with Crippen molar-refractivity contribution in [1.82, 2.24) is 0 Å². The number of rotatable bonds is 7. The molecule has 0 spiro atoms. The molecule has 1 heterocycles. The molecule has 1 amide bonds. The van der Waals surface area contributed by atoms with E-state index in [1.54, 1.807) is 42.5 Å². The number of methoxy groups -OCH3 is 1. The summed E-state index contributed by atoms with van der Waals surface area (Å²) in [5, 5.41) is 11.4. The standard InChI is InChI=1S/C29H29NO5/c1-5-16-35-23-15-12-20(17-19(23)3)27(31)25-26(22-8-6-7-9-24(22)34-4)30(29(33)28(25)32)21-13-10-18(2)11-14-21/h6-15,17,26,31H,5,16H2,1-4H3/b27-25+. The van der Waals surface area contributed by atoms with Gasteiger partial charge in [0.25, 0.3) is 11.7 Å². The minimum Gasteiger partial charge on any atom is -0.507 e. The quantitative estimate of drug-likeness (QED) is 0.271. The molecule has 6 nitrogen and oxygen atoms in total. The molecule has 1 aliphatic rings. The van der Waals surface area contributed by atoms with Gasteiger partial charge in [0.05, 0.1) is 25.3 Å². The fourth-order valence-electron chi connectivity index (χ4n) is 4.32. The molecule has 1 unspecified atom stereocenters. The molecule has 0 saturated carbocycles. The Kier molecular flexibility index (Phi) is 6.92. The number of hydrogen-bond acceptors (Lipinski definition) is 5. The fraction of sp³-hybridized carbons (Fsp3) is 0.241. The lowest BCUT2D eigenvalue weighted by Crippen LogP contribution is -2.29. The zero-order chi connectivity index (χ0) is 25.1. The number of ketones is 1. The van der Waals surface area contributed by atoms with Crippen LogP contribution in [0.15, 0.2) is 72.3 Å². The van der Waals surface area contributed by atoms with Crippen molar-refractivity contribution in [2.24, 2.45) is 0 Å². The van der Waals surface area contributed by atoms with E-state index >= 15 is 0 Å². The van der Waals surface area contributed by atoms with Gasteiger partial charge < -0.3 is 14.6 Å². The zero-order valence-electron chi connectivity index (χ0n) is 20.4. The Morgan fingerprint density at radius 1 is 0.971 bits per heavy atom. The van der Waals surface area contributed by atoms with Crippen LogP contribution in [0.4, 0.5) is 5.69 Å². The average molecular weight is 472 g/mol. The summed E-state index contributed by atoms with van der Waals surface area (Å²) in [6, 6.07) is 18.9. The molecule has 1 fully saturated rings. The molecular weight excluding hydrogens is 442 g/mol. The second-order valence-corrected chi connectivity index (χ2v) is 8.58. The smallest absolute Gasteiger partial charge is 0.300 e. The largest absolute Gasteiger partial charge is 0.507 e. The van der Waals surface area contributed by atoms with Gasteiger partial charge in [0, 0.05) is 16.8 Å². The second-order valence-electron chi connectivity index (χ2n) is 8.58. The molecule has 1 N–H and O–H groups in total. The first-order valence-electron chi connectivity index (χ1n) is 11.6. The fourth-order valence-corrected chi connectivity index (χ4v) is 4.32. The Labute approximate surface area is 205 Å². The van der Waals surface area contributed by atoms with E-state index in [0.717, 1.165) is 17.5 Å². The SMILES string of the molecule is CCCOc1ccc(/C(O)=C2\C(=O)C(=O)N(c3ccc(C)cc3)C2c2ccccc2OC)cc1C. The molecule has 0 radical (unpaired) electrons. The first-order chi connectivity index (χ1) is 16.9. The number of carbonyl (C=O) groups excluding carboxylic acids is 2. The molecule has 3 aromatic carbocycles. The molecule has 0 bridgehead atoms. The van der Waals surface area contributed by atoms with E-state index in [1.165, 1.54) is 12.0 Å². The Balaban J connectivity index is 1.91. The number of ether oxygens (including phenoxy) is 2. The molecule has 1 atom stereocenters. The predicted molar refractivity (Wildman–Crippen MR) is 136 cm³/mol. The van der Waals surface area contributed by atoms with E-state index < -0.39 is 17.7 Å². The van der Waals surface area contributed by atoms with Crippen LogP contribution < -0.4 is 14.4 Å². The highest BCUT2D eigenvalue weighted by Gasteiger charge is 2.47. The Bertz CT molecular complexity index is 1290. The van der Waals surface area contributed by atoms with Gasteiger partial charge in [-0.05, 0) is 62.2 Å². The van der Waals surface area contributed by atoms with Gasteiger partial charge in [0.15, 0.2) is 0 Å². The summed E-state index contributed by atoms with van der Waals surface area (Å²) in [7, 11) is 1.54. The van der Waals surface area contributed by atoms with Gasteiger partial charge in [0.1, 0.15) is 17.3 Å². The second kappa shape index (κ2) is 10.1. The summed E-state index contributed by atoms with van der Waals surface area (Å²) in [6.45, 7) is 6.44. The van der Waals surface area contributed by atoms with Crippen LogP contribution in [-0.2, 0) is 9.59 Å². The zero-order valence-corrected chi connectivity index (χ0v) is 20.4. The highest BCUT2D eigenvalue weighted by molar-refractivity contribution is 6.51. The third-order valence-electron chi connectivity index (χ3n) is 6.10. The number of benzene rings is 3. The lowest BCUT2D eigenvalue weighted by atomic mass is 9.94. The maximum absolute atomic E-state index is 13.4. The Morgan fingerprint density at radius 3 is 2.34 bits per heavy atom. The molecule has 0 aliphatic carbocycles. The van der Waals surface area contributed by atoms with E-state index in [-0.39, 0.29) is 11.3 Å². The molecule has 6 heteroatoms. The highest BCUT2D eigenvalue weighted by Crippen LogP contribution is 2.45.